The van der Waals surface area contributed by atoms with Gasteiger partial charge in [-0.25, -0.2) is 0 Å². The molecule has 0 heterocycles. The molecule has 19 heavy (non-hydrogen) atoms. The lowest BCUT2D eigenvalue weighted by Gasteiger charge is -2.29. The van der Waals surface area contributed by atoms with E-state index in [2.05, 4.69) is 13.0 Å². The molecule has 0 aromatic heterocycles. The van der Waals surface area contributed by atoms with Gasteiger partial charge in [0.1, 0.15) is 0 Å². The van der Waals surface area contributed by atoms with E-state index >= 15 is 0 Å². The van der Waals surface area contributed by atoms with Crippen LogP contribution in [0.2, 0.25) is 5.02 Å². The van der Waals surface area contributed by atoms with Crippen LogP contribution >= 0.6 is 11.6 Å². The summed E-state index contributed by atoms with van der Waals surface area (Å²) >= 11 is 6.08. The fourth-order valence-corrected chi connectivity index (χ4v) is 2.50. The minimum atomic E-state index is -0.0692. The van der Waals surface area contributed by atoms with Crippen LogP contribution in [0.4, 0.5) is 0 Å². The summed E-state index contributed by atoms with van der Waals surface area (Å²) in [6.07, 6.45) is 2.69. The molecule has 4 heteroatoms. The standard InChI is InChI=1S/C15H17ClN2O/c1-11(12-7-8-12)18(10-4-9-17)15(19)13-5-2-3-6-14(13)16/h2-3,5-6,11-12H,4,7-8,10H2,1H3. The van der Waals surface area contributed by atoms with E-state index in [0.29, 0.717) is 29.5 Å². The van der Waals surface area contributed by atoms with Gasteiger partial charge in [-0.15, -0.1) is 0 Å². The molecule has 1 unspecified atom stereocenters. The molecule has 0 N–H and O–H groups in total. The Morgan fingerprint density at radius 2 is 2.21 bits per heavy atom. The summed E-state index contributed by atoms with van der Waals surface area (Å²) in [5.74, 6) is 0.505. The van der Waals surface area contributed by atoms with Gasteiger partial charge in [0, 0.05) is 12.6 Å². The molecule has 1 aromatic rings. The third-order valence-corrected chi connectivity index (χ3v) is 3.96. The van der Waals surface area contributed by atoms with Gasteiger partial charge < -0.3 is 4.90 Å². The van der Waals surface area contributed by atoms with E-state index in [9.17, 15) is 4.79 Å². The molecule has 0 bridgehead atoms. The maximum Gasteiger partial charge on any atom is 0.255 e. The van der Waals surface area contributed by atoms with Crippen molar-refractivity contribution in [3.63, 3.8) is 0 Å². The van der Waals surface area contributed by atoms with E-state index in [-0.39, 0.29) is 11.9 Å². The van der Waals surface area contributed by atoms with Crippen LogP contribution in [0, 0.1) is 17.2 Å². The minimum absolute atomic E-state index is 0.0692. The molecular weight excluding hydrogens is 260 g/mol. The fraction of sp³-hybridized carbons (Fsp3) is 0.467. The summed E-state index contributed by atoms with van der Waals surface area (Å²) in [6, 6.07) is 9.36. The van der Waals surface area contributed by atoms with E-state index in [1.807, 2.05) is 12.1 Å². The van der Waals surface area contributed by atoms with E-state index in [1.165, 1.54) is 12.8 Å². The van der Waals surface area contributed by atoms with Gasteiger partial charge in [-0.05, 0) is 37.8 Å². The SMILES string of the molecule is CC(C1CC1)N(CCC#N)C(=O)c1ccccc1Cl. The van der Waals surface area contributed by atoms with Gasteiger partial charge in [0.2, 0.25) is 0 Å². The second-order valence-corrected chi connectivity index (χ2v) is 5.37. The van der Waals surface area contributed by atoms with Crippen molar-refractivity contribution in [1.82, 2.24) is 4.90 Å². The van der Waals surface area contributed by atoms with Crippen molar-refractivity contribution < 1.29 is 4.79 Å². The second kappa shape index (κ2) is 6.08. The lowest BCUT2D eigenvalue weighted by Crippen LogP contribution is -2.40. The van der Waals surface area contributed by atoms with Crippen molar-refractivity contribution in [2.24, 2.45) is 5.92 Å². The molecule has 0 radical (unpaired) electrons. The molecule has 100 valence electrons. The molecule has 1 aliphatic rings. The van der Waals surface area contributed by atoms with Crippen molar-refractivity contribution in [3.05, 3.63) is 34.9 Å². The molecule has 1 aliphatic carbocycles. The van der Waals surface area contributed by atoms with Crippen LogP contribution in [0.5, 0.6) is 0 Å². The van der Waals surface area contributed by atoms with Crippen LogP contribution in [0.1, 0.15) is 36.5 Å². The van der Waals surface area contributed by atoms with E-state index in [4.69, 9.17) is 16.9 Å². The normalized spacial score (nSPS) is 15.6. The average Bonchev–Trinajstić information content (AvgIpc) is 3.23. The first kappa shape index (κ1) is 13.9. The fourth-order valence-electron chi connectivity index (χ4n) is 2.28. The van der Waals surface area contributed by atoms with Crippen LogP contribution < -0.4 is 0 Å². The highest BCUT2D eigenvalue weighted by Gasteiger charge is 2.34. The van der Waals surface area contributed by atoms with Crippen LogP contribution in [-0.4, -0.2) is 23.4 Å². The molecule has 0 aliphatic heterocycles. The molecule has 2 rings (SSSR count). The largest absolute Gasteiger partial charge is 0.335 e. The number of amides is 1. The number of halogens is 1. The van der Waals surface area contributed by atoms with Crippen LogP contribution in [0.3, 0.4) is 0 Å². The van der Waals surface area contributed by atoms with Gasteiger partial charge in [-0.3, -0.25) is 4.79 Å². The highest BCUT2D eigenvalue weighted by atomic mass is 35.5. The highest BCUT2D eigenvalue weighted by molar-refractivity contribution is 6.33. The summed E-state index contributed by atoms with van der Waals surface area (Å²) in [5.41, 5.74) is 0.523. The molecule has 0 spiro atoms. The zero-order valence-corrected chi connectivity index (χ0v) is 11.7. The summed E-state index contributed by atoms with van der Waals surface area (Å²) in [4.78, 5) is 14.4. The number of rotatable bonds is 5. The first-order valence-electron chi connectivity index (χ1n) is 6.57. The number of hydrogen-bond acceptors (Lipinski definition) is 2. The molecule has 0 saturated heterocycles. The number of carbonyl (C=O) groups excluding carboxylic acids is 1. The average molecular weight is 277 g/mol. The number of carbonyl (C=O) groups is 1. The van der Waals surface area contributed by atoms with Gasteiger partial charge in [0.15, 0.2) is 0 Å². The number of benzene rings is 1. The first-order chi connectivity index (χ1) is 9.15. The van der Waals surface area contributed by atoms with Crippen molar-refractivity contribution in [2.75, 3.05) is 6.54 Å². The van der Waals surface area contributed by atoms with E-state index in [1.54, 1.807) is 17.0 Å². The molecule has 1 saturated carbocycles. The molecule has 1 atom stereocenters. The second-order valence-electron chi connectivity index (χ2n) is 4.96. The summed E-state index contributed by atoms with van der Waals surface area (Å²) in [7, 11) is 0. The Hall–Kier alpha value is -1.53. The van der Waals surface area contributed by atoms with Crippen molar-refractivity contribution >= 4 is 17.5 Å². The molecule has 1 aromatic carbocycles. The van der Waals surface area contributed by atoms with Crippen molar-refractivity contribution in [2.45, 2.75) is 32.2 Å². The number of nitriles is 1. The minimum Gasteiger partial charge on any atom is -0.335 e. The zero-order valence-electron chi connectivity index (χ0n) is 11.0. The summed E-state index contributed by atoms with van der Waals surface area (Å²) in [5, 5.41) is 9.21. The maximum absolute atomic E-state index is 12.6. The summed E-state index contributed by atoms with van der Waals surface area (Å²) < 4.78 is 0. The Morgan fingerprint density at radius 3 is 2.79 bits per heavy atom. The Labute approximate surface area is 118 Å². The van der Waals surface area contributed by atoms with Gasteiger partial charge >= 0.3 is 0 Å². The van der Waals surface area contributed by atoms with Crippen molar-refractivity contribution in [3.8, 4) is 6.07 Å². The molecule has 3 nitrogen and oxygen atoms in total. The Bertz CT molecular complexity index is 505. The quantitative estimate of drug-likeness (QED) is 0.826. The van der Waals surface area contributed by atoms with E-state index < -0.39 is 0 Å². The van der Waals surface area contributed by atoms with Crippen LogP contribution in [0.25, 0.3) is 0 Å². The van der Waals surface area contributed by atoms with Gasteiger partial charge in [-0.2, -0.15) is 5.26 Å². The predicted molar refractivity (Wildman–Crippen MR) is 74.9 cm³/mol. The zero-order chi connectivity index (χ0) is 13.8. The third kappa shape index (κ3) is 3.27. The maximum atomic E-state index is 12.6. The smallest absolute Gasteiger partial charge is 0.255 e. The van der Waals surface area contributed by atoms with Crippen molar-refractivity contribution in [1.29, 1.82) is 5.26 Å². The lowest BCUT2D eigenvalue weighted by atomic mass is 10.1. The van der Waals surface area contributed by atoms with E-state index in [0.717, 1.165) is 0 Å². The molecule has 1 fully saturated rings. The Balaban J connectivity index is 2.19. The molecular formula is C15H17ClN2O. The Morgan fingerprint density at radius 1 is 1.53 bits per heavy atom. The third-order valence-electron chi connectivity index (χ3n) is 3.63. The van der Waals surface area contributed by atoms with Gasteiger partial charge in [0.25, 0.3) is 5.91 Å². The van der Waals surface area contributed by atoms with Gasteiger partial charge in [0.05, 0.1) is 23.1 Å². The summed E-state index contributed by atoms with van der Waals surface area (Å²) in [6.45, 7) is 2.53. The van der Waals surface area contributed by atoms with Gasteiger partial charge in [-0.1, -0.05) is 23.7 Å². The predicted octanol–water partition coefficient (Wildman–Crippen LogP) is 3.49. The number of nitrogens with zero attached hydrogens (tertiary/aromatic N) is 2. The first-order valence-corrected chi connectivity index (χ1v) is 6.95. The lowest BCUT2D eigenvalue weighted by molar-refractivity contribution is 0.0677. The molecule has 1 amide bonds. The number of hydrogen-bond donors (Lipinski definition) is 0. The Kier molecular flexibility index (Phi) is 4.44. The van der Waals surface area contributed by atoms with Crippen LogP contribution in [0.15, 0.2) is 24.3 Å². The van der Waals surface area contributed by atoms with Crippen LogP contribution in [-0.2, 0) is 0 Å². The highest BCUT2D eigenvalue weighted by Crippen LogP contribution is 2.36. The topological polar surface area (TPSA) is 44.1 Å². The monoisotopic (exact) mass is 276 g/mol.